The first-order valence-corrected chi connectivity index (χ1v) is 13.9. The summed E-state index contributed by atoms with van der Waals surface area (Å²) >= 11 is 0. The van der Waals surface area contributed by atoms with Gasteiger partial charge in [-0.05, 0) is 55.3 Å². The van der Waals surface area contributed by atoms with E-state index >= 15 is 0 Å². The SMILES string of the molecule is N#CCC1(Cn2c(Cn3ccc(-c4cccc(OCc5ccc(C#N)cc5F)n4)cc3=O)nc3ccc(C(=O)O)cc32)CC1. The zero-order valence-corrected chi connectivity index (χ0v) is 23.4. The normalized spacial score (nSPS) is 13.2. The third-order valence-electron chi connectivity index (χ3n) is 7.86. The molecule has 0 bridgehead atoms. The zero-order chi connectivity index (χ0) is 30.8. The van der Waals surface area contributed by atoms with E-state index in [2.05, 4.69) is 11.1 Å². The Bertz CT molecular complexity index is 2070. The van der Waals surface area contributed by atoms with Crippen molar-refractivity contribution in [2.75, 3.05) is 0 Å². The highest BCUT2D eigenvalue weighted by atomic mass is 19.1. The van der Waals surface area contributed by atoms with Crippen molar-refractivity contribution in [1.82, 2.24) is 19.1 Å². The molecule has 0 unspecified atom stereocenters. The van der Waals surface area contributed by atoms with Crippen LogP contribution in [0.25, 0.3) is 22.3 Å². The van der Waals surface area contributed by atoms with Crippen LogP contribution in [0.1, 0.15) is 46.6 Å². The van der Waals surface area contributed by atoms with E-state index < -0.39 is 11.8 Å². The van der Waals surface area contributed by atoms with Gasteiger partial charge in [-0.3, -0.25) is 4.79 Å². The van der Waals surface area contributed by atoms with Crippen molar-refractivity contribution in [1.29, 1.82) is 10.5 Å². The standard InChI is InChI=1S/C33H25FN6O4/c34-25-14-21(17-36)4-5-24(25)19-44-30-3-1-2-26(38-30)22-8-13-39(31(41)16-22)18-29-37-27-7-6-23(32(42)43)15-28(27)40(29)20-33(9-10-33)11-12-35/h1-8,13-16H,9-11,18-20H2,(H,42,43). The summed E-state index contributed by atoms with van der Waals surface area (Å²) in [6.07, 6.45) is 3.82. The number of carbonyl (C=O) groups is 1. The number of aromatic carboxylic acids is 1. The molecule has 0 atom stereocenters. The van der Waals surface area contributed by atoms with Crippen LogP contribution in [0.4, 0.5) is 4.39 Å². The van der Waals surface area contributed by atoms with Crippen LogP contribution in [0.2, 0.25) is 0 Å². The number of nitrogens with zero attached hydrogens (tertiary/aromatic N) is 6. The molecule has 10 nitrogen and oxygen atoms in total. The predicted molar refractivity (Wildman–Crippen MR) is 157 cm³/mol. The van der Waals surface area contributed by atoms with Crippen molar-refractivity contribution in [3.05, 3.63) is 112 Å². The Balaban J connectivity index is 1.25. The van der Waals surface area contributed by atoms with Gasteiger partial charge in [0.2, 0.25) is 5.88 Å². The molecule has 0 spiro atoms. The molecule has 1 fully saturated rings. The summed E-state index contributed by atoms with van der Waals surface area (Å²) in [6.45, 7) is 0.567. The van der Waals surface area contributed by atoms with Crippen molar-refractivity contribution >= 4 is 17.0 Å². The minimum Gasteiger partial charge on any atom is -0.478 e. The van der Waals surface area contributed by atoms with Gasteiger partial charge in [0.25, 0.3) is 5.56 Å². The second kappa shape index (κ2) is 11.5. The maximum absolute atomic E-state index is 14.2. The number of nitriles is 2. The molecule has 2 aromatic carbocycles. The largest absolute Gasteiger partial charge is 0.478 e. The number of hydrogen-bond acceptors (Lipinski definition) is 7. The van der Waals surface area contributed by atoms with E-state index in [1.807, 2.05) is 10.6 Å². The number of carboxylic acid groups (broad SMARTS) is 1. The molecular formula is C33H25FN6O4. The highest BCUT2D eigenvalue weighted by Gasteiger charge is 2.43. The zero-order valence-electron chi connectivity index (χ0n) is 23.4. The van der Waals surface area contributed by atoms with Crippen molar-refractivity contribution in [3.8, 4) is 29.3 Å². The Morgan fingerprint density at radius 1 is 1.07 bits per heavy atom. The summed E-state index contributed by atoms with van der Waals surface area (Å²) in [5, 5.41) is 27.8. The van der Waals surface area contributed by atoms with Crippen LogP contribution in [-0.4, -0.2) is 30.2 Å². The summed E-state index contributed by atoms with van der Waals surface area (Å²) in [4.78, 5) is 34.1. The monoisotopic (exact) mass is 588 g/mol. The number of fused-ring (bicyclic) bond motifs is 1. The van der Waals surface area contributed by atoms with Gasteiger partial charge in [0.05, 0.1) is 46.5 Å². The minimum absolute atomic E-state index is 0.0831. The summed E-state index contributed by atoms with van der Waals surface area (Å²) in [7, 11) is 0. The van der Waals surface area contributed by atoms with Gasteiger partial charge in [-0.25, -0.2) is 19.2 Å². The molecule has 5 aromatic rings. The molecule has 6 rings (SSSR count). The summed E-state index contributed by atoms with van der Waals surface area (Å²) in [5.74, 6) is -0.755. The molecule has 0 radical (unpaired) electrons. The summed E-state index contributed by atoms with van der Waals surface area (Å²) < 4.78 is 23.4. The van der Waals surface area contributed by atoms with Gasteiger partial charge in [0.1, 0.15) is 18.2 Å². The number of imidazole rings is 1. The van der Waals surface area contributed by atoms with Gasteiger partial charge in [0.15, 0.2) is 0 Å². The lowest BCUT2D eigenvalue weighted by Crippen LogP contribution is -2.22. The van der Waals surface area contributed by atoms with Crippen LogP contribution in [0.15, 0.2) is 77.7 Å². The second-order valence-electron chi connectivity index (χ2n) is 10.9. The van der Waals surface area contributed by atoms with E-state index in [9.17, 15) is 24.3 Å². The molecule has 1 saturated carbocycles. The number of aromatic nitrogens is 4. The quantitative estimate of drug-likeness (QED) is 0.232. The number of rotatable bonds is 10. The van der Waals surface area contributed by atoms with Crippen LogP contribution in [0.5, 0.6) is 5.88 Å². The maximum Gasteiger partial charge on any atom is 0.335 e. The lowest BCUT2D eigenvalue weighted by molar-refractivity contribution is 0.0697. The molecule has 1 aliphatic rings. The molecule has 0 amide bonds. The van der Waals surface area contributed by atoms with E-state index in [4.69, 9.17) is 15.0 Å². The van der Waals surface area contributed by atoms with Crippen LogP contribution < -0.4 is 10.3 Å². The fourth-order valence-electron chi connectivity index (χ4n) is 5.17. The molecule has 1 N–H and O–H groups in total. The number of hydrogen-bond donors (Lipinski definition) is 1. The fraction of sp³-hybridized carbons (Fsp3) is 0.212. The van der Waals surface area contributed by atoms with Crippen molar-refractivity contribution in [3.63, 3.8) is 0 Å². The van der Waals surface area contributed by atoms with Gasteiger partial charge in [0, 0.05) is 47.8 Å². The first-order valence-electron chi connectivity index (χ1n) is 13.9. The van der Waals surface area contributed by atoms with E-state index in [1.54, 1.807) is 42.6 Å². The average molecular weight is 589 g/mol. The van der Waals surface area contributed by atoms with Crippen molar-refractivity contribution in [2.45, 2.75) is 39.0 Å². The molecule has 3 heterocycles. The van der Waals surface area contributed by atoms with Gasteiger partial charge in [-0.2, -0.15) is 10.5 Å². The van der Waals surface area contributed by atoms with Crippen molar-refractivity contribution in [2.24, 2.45) is 5.41 Å². The van der Waals surface area contributed by atoms with Crippen LogP contribution in [-0.2, 0) is 19.7 Å². The van der Waals surface area contributed by atoms with Gasteiger partial charge in [-0.1, -0.05) is 12.1 Å². The first kappa shape index (κ1) is 28.3. The van der Waals surface area contributed by atoms with Crippen LogP contribution in [0, 0.1) is 33.9 Å². The van der Waals surface area contributed by atoms with E-state index in [0.29, 0.717) is 41.1 Å². The Morgan fingerprint density at radius 3 is 2.61 bits per heavy atom. The molecule has 218 valence electrons. The number of benzene rings is 2. The van der Waals surface area contributed by atoms with Gasteiger partial charge in [-0.15, -0.1) is 0 Å². The second-order valence-corrected chi connectivity index (χ2v) is 10.9. The van der Waals surface area contributed by atoms with Gasteiger partial charge < -0.3 is 19.0 Å². The van der Waals surface area contributed by atoms with E-state index in [1.165, 1.54) is 28.8 Å². The molecule has 11 heteroatoms. The first-order chi connectivity index (χ1) is 21.3. The number of ether oxygens (including phenoxy) is 1. The topological polar surface area (TPSA) is 147 Å². The number of halogens is 1. The molecule has 1 aliphatic carbocycles. The lowest BCUT2D eigenvalue weighted by Gasteiger charge is -2.16. The Hall–Kier alpha value is -5.81. The molecule has 0 saturated heterocycles. The molecule has 44 heavy (non-hydrogen) atoms. The summed E-state index contributed by atoms with van der Waals surface area (Å²) in [5.41, 5.74) is 2.48. The molecular weight excluding hydrogens is 563 g/mol. The van der Waals surface area contributed by atoms with E-state index in [0.717, 1.165) is 18.9 Å². The molecule has 3 aromatic heterocycles. The molecule has 0 aliphatic heterocycles. The minimum atomic E-state index is -1.05. The highest BCUT2D eigenvalue weighted by Crippen LogP contribution is 2.50. The number of carboxylic acids is 1. The van der Waals surface area contributed by atoms with Gasteiger partial charge >= 0.3 is 5.97 Å². The Kier molecular flexibility index (Phi) is 7.38. The fourth-order valence-corrected chi connectivity index (χ4v) is 5.17. The average Bonchev–Trinajstić information content (AvgIpc) is 3.70. The predicted octanol–water partition coefficient (Wildman–Crippen LogP) is 5.29. The third kappa shape index (κ3) is 5.76. The van der Waals surface area contributed by atoms with Crippen molar-refractivity contribution < 1.29 is 19.0 Å². The van der Waals surface area contributed by atoms with Crippen LogP contribution in [0.3, 0.4) is 0 Å². The maximum atomic E-state index is 14.2. The number of pyridine rings is 2. The van der Waals surface area contributed by atoms with E-state index in [-0.39, 0.29) is 46.7 Å². The lowest BCUT2D eigenvalue weighted by atomic mass is 10.0. The third-order valence-corrected chi connectivity index (χ3v) is 7.86. The summed E-state index contributed by atoms with van der Waals surface area (Å²) in [6, 6.07) is 21.3. The smallest absolute Gasteiger partial charge is 0.335 e. The Labute approximate surface area is 250 Å². The highest BCUT2D eigenvalue weighted by molar-refractivity contribution is 5.92. The Morgan fingerprint density at radius 2 is 1.91 bits per heavy atom. The van der Waals surface area contributed by atoms with Crippen LogP contribution >= 0.6 is 0 Å².